The van der Waals surface area contributed by atoms with Crippen LogP contribution in [-0.4, -0.2) is 105 Å². The Morgan fingerprint density at radius 3 is 2.43 bits per heavy atom. The maximum absolute atomic E-state index is 16.1. The van der Waals surface area contributed by atoms with E-state index in [1.807, 2.05) is 42.6 Å². The number of likely N-dealkylation sites (tertiary alicyclic amines) is 1. The molecule has 18 nitrogen and oxygen atoms in total. The largest absolute Gasteiger partial charge is 0.370 e. The first-order valence-corrected chi connectivity index (χ1v) is 25.1. The van der Waals surface area contributed by atoms with Gasteiger partial charge in [-0.2, -0.15) is 5.10 Å². The van der Waals surface area contributed by atoms with Gasteiger partial charge < -0.3 is 20.4 Å². The Morgan fingerprint density at radius 2 is 1.73 bits per heavy atom. The highest BCUT2D eigenvalue weighted by Gasteiger charge is 2.33. The lowest BCUT2D eigenvalue weighted by atomic mass is 9.92. The van der Waals surface area contributed by atoms with Gasteiger partial charge in [-0.25, -0.2) is 32.7 Å². The maximum atomic E-state index is 16.1. The minimum absolute atomic E-state index is 0.0610. The van der Waals surface area contributed by atoms with E-state index in [2.05, 4.69) is 40.6 Å². The monoisotopic (exact) mass is 954 g/mol. The molecule has 0 radical (unpaired) electrons. The summed E-state index contributed by atoms with van der Waals surface area (Å²) < 4.78 is 45.4. The van der Waals surface area contributed by atoms with Gasteiger partial charge in [0.2, 0.25) is 33.7 Å². The van der Waals surface area contributed by atoms with E-state index in [0.29, 0.717) is 85.8 Å². The predicted octanol–water partition coefficient (Wildman–Crippen LogP) is 5.88. The third kappa shape index (κ3) is 11.3. The van der Waals surface area contributed by atoms with Gasteiger partial charge in [0.15, 0.2) is 5.82 Å². The van der Waals surface area contributed by atoms with Crippen LogP contribution in [0.25, 0.3) is 21.8 Å². The van der Waals surface area contributed by atoms with E-state index in [4.69, 9.17) is 9.97 Å². The molecule has 3 aliphatic rings. The normalized spacial score (nSPS) is 17.6. The predicted molar refractivity (Wildman–Crippen MR) is 253 cm³/mol. The van der Waals surface area contributed by atoms with Gasteiger partial charge in [0.25, 0.3) is 5.91 Å². The lowest BCUT2D eigenvalue weighted by Crippen LogP contribution is -2.52. The first-order valence-electron chi connectivity index (χ1n) is 22.6. The van der Waals surface area contributed by atoms with Crippen LogP contribution in [0.2, 0.25) is 0 Å². The molecular weight excluding hydrogens is 900 g/mol. The number of rotatable bonds is 14. The van der Waals surface area contributed by atoms with Crippen molar-refractivity contribution in [2.45, 2.75) is 90.6 Å². The van der Waals surface area contributed by atoms with Crippen molar-refractivity contribution in [3.05, 3.63) is 77.7 Å². The molecule has 4 N–H and O–H groups in total. The average Bonchev–Trinajstić information content (AvgIpc) is 3.96. The summed E-state index contributed by atoms with van der Waals surface area (Å²) in [4.78, 5) is 73.0. The average molecular weight is 955 g/mol. The number of benzene rings is 1. The maximum Gasteiger partial charge on any atom is 0.270 e. The van der Waals surface area contributed by atoms with E-state index in [1.54, 1.807) is 49.8 Å². The number of nitrogens with zero attached hydrogens (tertiary/aromatic N) is 8. The summed E-state index contributed by atoms with van der Waals surface area (Å²) in [5.74, 6) is -1.41. The number of aromatic nitrogens is 6. The zero-order valence-electron chi connectivity index (χ0n) is 37.9. The molecule has 0 saturated carbocycles. The molecule has 1 atom stereocenters. The molecule has 5 aromatic rings. The number of pyridine rings is 1. The molecule has 0 unspecified atom stereocenters. The number of nitrogens with one attached hydrogen (secondary N) is 4. The third-order valence-corrected chi connectivity index (χ3v) is 15.1. The van der Waals surface area contributed by atoms with Crippen LogP contribution in [0.3, 0.4) is 0 Å². The van der Waals surface area contributed by atoms with Crippen molar-refractivity contribution in [1.29, 1.82) is 0 Å². The lowest BCUT2D eigenvalue weighted by molar-refractivity contribution is -0.138. The van der Waals surface area contributed by atoms with Crippen LogP contribution in [-0.2, 0) is 36.4 Å². The minimum Gasteiger partial charge on any atom is -0.370 e. The second-order valence-electron chi connectivity index (χ2n) is 18.3. The Balaban J connectivity index is 0.830. The Bertz CT molecular complexity index is 2740. The Hall–Kier alpha value is -6.35. The number of sulfonamides is 1. The molecular formula is C46H55FN12O6S2. The van der Waals surface area contributed by atoms with Crippen molar-refractivity contribution in [2.24, 2.45) is 11.8 Å². The Labute approximate surface area is 392 Å². The molecule has 3 saturated heterocycles. The molecule has 0 bridgehead atoms. The number of amides is 4. The van der Waals surface area contributed by atoms with Crippen molar-refractivity contribution < 1.29 is 32.0 Å². The Kier molecular flexibility index (Phi) is 14.0. The highest BCUT2D eigenvalue weighted by molar-refractivity contribution is 7.92. The minimum atomic E-state index is -3.73. The van der Waals surface area contributed by atoms with Gasteiger partial charge in [0.1, 0.15) is 11.7 Å². The third-order valence-electron chi connectivity index (χ3n) is 12.1. The highest BCUT2D eigenvalue weighted by Crippen LogP contribution is 2.42. The molecule has 3 fully saturated rings. The number of imide groups is 1. The first kappa shape index (κ1) is 47.2. The fourth-order valence-electron chi connectivity index (χ4n) is 8.49. The second kappa shape index (κ2) is 19.9. The number of halogens is 1. The summed E-state index contributed by atoms with van der Waals surface area (Å²) in [7, 11) is -3.73. The number of carbonyl (C=O) groups is 4. The summed E-state index contributed by atoms with van der Waals surface area (Å²) in [5.41, 5.74) is 2.27. The fraction of sp³-hybridized carbons (Fsp3) is 0.457. The van der Waals surface area contributed by atoms with E-state index in [-0.39, 0.29) is 58.7 Å². The van der Waals surface area contributed by atoms with E-state index in [0.717, 1.165) is 23.5 Å². The number of thiazole rings is 1. The van der Waals surface area contributed by atoms with Gasteiger partial charge in [-0.15, -0.1) is 11.3 Å². The highest BCUT2D eigenvalue weighted by atomic mass is 32.2. The summed E-state index contributed by atoms with van der Waals surface area (Å²) in [6.45, 7) is 11.2. The summed E-state index contributed by atoms with van der Waals surface area (Å²) in [6, 6.07) is 8.99. The standard InChI is InChI=1S/C46H55FN12O6S2/c1-5-23-67(64,65)56-33-8-6-7-32(38(33)47)39-40(66-44(55-39)46(2,3)4)34-13-18-48-45(53-34)51-30-24-50-59(27-30)26-28-14-19-58(20-15-28)43(63)29-16-21-57(22-17-29)31-9-10-35(49-25-31)41(61)52-36-11-12-37(60)54-42(36)62/h6-10,13,18,24-25,27-29,36,56H,5,11-12,14-17,19-23,26H2,1-4H3,(H,52,61)(H,48,51,53)(H,54,60,62)/t36-/m1/s1. The Morgan fingerprint density at radius 1 is 0.955 bits per heavy atom. The molecule has 4 aromatic heterocycles. The summed E-state index contributed by atoms with van der Waals surface area (Å²) >= 11 is 1.40. The number of anilines is 4. The molecule has 7 heterocycles. The van der Waals surface area contributed by atoms with E-state index in [9.17, 15) is 27.6 Å². The lowest BCUT2D eigenvalue weighted by Gasteiger charge is -2.38. The van der Waals surface area contributed by atoms with Gasteiger partial charge in [0.05, 0.1) is 56.5 Å². The molecule has 21 heteroatoms. The molecule has 1 aromatic carbocycles. The van der Waals surface area contributed by atoms with Gasteiger partial charge in [-0.3, -0.25) is 33.9 Å². The first-order chi connectivity index (χ1) is 32.0. The number of hydrogen-bond acceptors (Lipinski definition) is 14. The zero-order chi connectivity index (χ0) is 47.5. The van der Waals surface area contributed by atoms with Crippen molar-refractivity contribution in [3.63, 3.8) is 0 Å². The number of carbonyl (C=O) groups excluding carboxylic acids is 4. The van der Waals surface area contributed by atoms with Crippen LogP contribution in [0, 0.1) is 17.7 Å². The van der Waals surface area contributed by atoms with Gasteiger partial charge in [0, 0.05) is 68.4 Å². The fourth-order valence-corrected chi connectivity index (χ4v) is 10.7. The van der Waals surface area contributed by atoms with Crippen LogP contribution in [0.4, 0.5) is 27.4 Å². The molecule has 0 spiro atoms. The van der Waals surface area contributed by atoms with E-state index in [1.165, 1.54) is 17.4 Å². The summed E-state index contributed by atoms with van der Waals surface area (Å²) in [6.07, 6.45) is 10.8. The molecule has 3 aliphatic heterocycles. The van der Waals surface area contributed by atoms with Crippen molar-refractivity contribution in [2.75, 3.05) is 46.9 Å². The SMILES string of the molecule is CCCS(=O)(=O)Nc1cccc(-c2nc(C(C)(C)C)sc2-c2ccnc(Nc3cnn(CC4CCN(C(=O)C5CCN(c6ccc(C(=O)N[C@@H]7CCC(=O)NC7=O)nc6)CC5)CC4)c3)n2)c1F. The van der Waals surface area contributed by atoms with Crippen LogP contribution in [0.15, 0.2) is 61.2 Å². The topological polar surface area (TPSA) is 226 Å². The molecule has 0 aliphatic carbocycles. The van der Waals surface area contributed by atoms with Gasteiger partial charge in [-0.1, -0.05) is 33.8 Å². The quantitative estimate of drug-likeness (QED) is 0.0956. The van der Waals surface area contributed by atoms with Gasteiger partial charge in [-0.05, 0) is 74.8 Å². The van der Waals surface area contributed by atoms with Crippen LogP contribution < -0.4 is 25.6 Å². The number of hydrogen-bond donors (Lipinski definition) is 4. The van der Waals surface area contributed by atoms with Crippen molar-refractivity contribution >= 4 is 68.0 Å². The molecule has 8 rings (SSSR count). The molecule has 67 heavy (non-hydrogen) atoms. The van der Waals surface area contributed by atoms with Gasteiger partial charge >= 0.3 is 0 Å². The molecule has 4 amide bonds. The van der Waals surface area contributed by atoms with E-state index >= 15 is 4.39 Å². The van der Waals surface area contributed by atoms with Crippen molar-refractivity contribution in [1.82, 2.24) is 45.2 Å². The smallest absolute Gasteiger partial charge is 0.270 e. The number of piperidine rings is 3. The van der Waals surface area contributed by atoms with Crippen LogP contribution in [0.1, 0.15) is 88.1 Å². The van der Waals surface area contributed by atoms with Crippen LogP contribution >= 0.6 is 11.3 Å². The second-order valence-corrected chi connectivity index (χ2v) is 21.1. The molecule has 354 valence electrons. The van der Waals surface area contributed by atoms with E-state index < -0.39 is 33.7 Å². The zero-order valence-corrected chi connectivity index (χ0v) is 39.6. The summed E-state index contributed by atoms with van der Waals surface area (Å²) in [5, 5.41) is 13.5. The van der Waals surface area contributed by atoms with Crippen LogP contribution in [0.5, 0.6) is 0 Å². The van der Waals surface area contributed by atoms with Crippen molar-refractivity contribution in [3.8, 4) is 21.8 Å².